The predicted octanol–water partition coefficient (Wildman–Crippen LogP) is 5.61. The van der Waals surface area contributed by atoms with Gasteiger partial charge in [0.05, 0.1) is 11.3 Å². The number of amides is 2. The number of benzene rings is 2. The van der Waals surface area contributed by atoms with Crippen molar-refractivity contribution in [2.45, 2.75) is 6.18 Å². The molecule has 3 rings (SSSR count). The van der Waals surface area contributed by atoms with Crippen molar-refractivity contribution in [2.75, 3.05) is 10.6 Å². The van der Waals surface area contributed by atoms with E-state index in [0.29, 0.717) is 11.3 Å². The number of nitrogens with zero attached hydrogens (tertiary/aromatic N) is 1. The second kappa shape index (κ2) is 7.12. The fourth-order valence-electron chi connectivity index (χ4n) is 2.12. The summed E-state index contributed by atoms with van der Waals surface area (Å²) in [4.78, 5) is 16.1. The quantitative estimate of drug-likeness (QED) is 0.579. The lowest BCUT2D eigenvalue weighted by atomic mass is 10.2. The lowest BCUT2D eigenvalue weighted by Crippen LogP contribution is -2.19. The highest BCUT2D eigenvalue weighted by atomic mass is 32.1. The monoisotopic (exact) mass is 381 g/mol. The Morgan fingerprint density at radius 2 is 1.77 bits per heavy atom. The molecule has 134 valence electrons. The highest BCUT2D eigenvalue weighted by Gasteiger charge is 2.30. The molecule has 0 aliphatic rings. The van der Waals surface area contributed by atoms with E-state index in [-0.39, 0.29) is 16.6 Å². The SMILES string of the molecule is O=C(Nc1cccc(C(F)(F)F)c1)Nc1nc(-c2ccc(F)cc2)cs1. The lowest BCUT2D eigenvalue weighted by molar-refractivity contribution is -0.137. The Bertz CT molecular complexity index is 922. The third-order valence-corrected chi connectivity index (χ3v) is 4.07. The van der Waals surface area contributed by atoms with Crippen LogP contribution in [0.15, 0.2) is 53.9 Å². The molecule has 0 fully saturated rings. The molecule has 0 aliphatic carbocycles. The molecule has 0 saturated carbocycles. The molecule has 2 amide bonds. The molecule has 0 saturated heterocycles. The summed E-state index contributed by atoms with van der Waals surface area (Å²) in [6, 6.07) is 9.28. The fourth-order valence-corrected chi connectivity index (χ4v) is 2.83. The van der Waals surface area contributed by atoms with Crippen molar-refractivity contribution in [1.82, 2.24) is 4.98 Å². The van der Waals surface area contributed by atoms with Crippen molar-refractivity contribution in [3.63, 3.8) is 0 Å². The van der Waals surface area contributed by atoms with E-state index in [1.807, 2.05) is 0 Å². The van der Waals surface area contributed by atoms with Crippen LogP contribution in [0.5, 0.6) is 0 Å². The summed E-state index contributed by atoms with van der Waals surface area (Å²) in [7, 11) is 0. The number of rotatable bonds is 3. The summed E-state index contributed by atoms with van der Waals surface area (Å²) < 4.78 is 51.0. The van der Waals surface area contributed by atoms with Crippen molar-refractivity contribution >= 4 is 28.2 Å². The molecule has 9 heteroatoms. The van der Waals surface area contributed by atoms with E-state index < -0.39 is 17.8 Å². The molecule has 0 aliphatic heterocycles. The van der Waals surface area contributed by atoms with Crippen molar-refractivity contribution in [1.29, 1.82) is 0 Å². The second-order valence-electron chi connectivity index (χ2n) is 5.20. The van der Waals surface area contributed by atoms with Gasteiger partial charge in [-0.25, -0.2) is 14.2 Å². The summed E-state index contributed by atoms with van der Waals surface area (Å²) in [6.07, 6.45) is -4.49. The first-order valence-electron chi connectivity index (χ1n) is 7.28. The van der Waals surface area contributed by atoms with Crippen molar-refractivity contribution in [3.05, 3.63) is 65.3 Å². The minimum atomic E-state index is -4.49. The maximum atomic E-state index is 12.9. The number of halogens is 4. The van der Waals surface area contributed by atoms with Gasteiger partial charge in [0.25, 0.3) is 0 Å². The molecule has 3 aromatic rings. The number of carbonyl (C=O) groups is 1. The molecule has 1 heterocycles. The molecule has 0 unspecified atom stereocenters. The average Bonchev–Trinajstić information content (AvgIpc) is 3.03. The molecular formula is C17H11F4N3OS. The van der Waals surface area contributed by atoms with E-state index in [4.69, 9.17) is 0 Å². The number of urea groups is 1. The van der Waals surface area contributed by atoms with Crippen LogP contribution in [-0.4, -0.2) is 11.0 Å². The van der Waals surface area contributed by atoms with Gasteiger partial charge in [-0.05, 0) is 42.5 Å². The van der Waals surface area contributed by atoms with Crippen molar-refractivity contribution in [3.8, 4) is 11.3 Å². The van der Waals surface area contributed by atoms with E-state index in [1.165, 1.54) is 24.3 Å². The summed E-state index contributed by atoms with van der Waals surface area (Å²) in [5.74, 6) is -0.372. The van der Waals surface area contributed by atoms with Crippen LogP contribution in [0.25, 0.3) is 11.3 Å². The second-order valence-corrected chi connectivity index (χ2v) is 6.06. The Morgan fingerprint density at radius 3 is 2.46 bits per heavy atom. The van der Waals surface area contributed by atoms with E-state index in [1.54, 1.807) is 17.5 Å². The molecule has 0 spiro atoms. The smallest absolute Gasteiger partial charge is 0.308 e. The third kappa shape index (κ3) is 4.37. The average molecular weight is 381 g/mol. The normalized spacial score (nSPS) is 11.2. The largest absolute Gasteiger partial charge is 0.416 e. The standard InChI is InChI=1S/C17H11F4N3OS/c18-12-6-4-10(5-7-12)14-9-26-16(23-14)24-15(25)22-13-3-1-2-11(8-13)17(19,20)21/h1-9H,(H2,22,23,24,25). The number of hydrogen-bond donors (Lipinski definition) is 2. The Morgan fingerprint density at radius 1 is 1.04 bits per heavy atom. The maximum absolute atomic E-state index is 12.9. The molecule has 0 atom stereocenters. The number of nitrogens with one attached hydrogen (secondary N) is 2. The van der Waals surface area contributed by atoms with Gasteiger partial charge >= 0.3 is 12.2 Å². The fraction of sp³-hybridized carbons (Fsp3) is 0.0588. The zero-order valence-electron chi connectivity index (χ0n) is 13.0. The summed E-state index contributed by atoms with van der Waals surface area (Å²) >= 11 is 1.14. The Labute approximate surface area is 149 Å². The number of hydrogen-bond acceptors (Lipinski definition) is 3. The minimum absolute atomic E-state index is 0.00707. The van der Waals surface area contributed by atoms with Gasteiger partial charge in [0.1, 0.15) is 5.82 Å². The molecule has 1 aromatic heterocycles. The minimum Gasteiger partial charge on any atom is -0.308 e. The number of carbonyl (C=O) groups excluding carboxylic acids is 1. The molecule has 26 heavy (non-hydrogen) atoms. The van der Waals surface area contributed by atoms with E-state index in [0.717, 1.165) is 23.5 Å². The number of anilines is 2. The van der Waals surface area contributed by atoms with Gasteiger partial charge < -0.3 is 5.32 Å². The molecular weight excluding hydrogens is 370 g/mol. The maximum Gasteiger partial charge on any atom is 0.416 e. The van der Waals surface area contributed by atoms with E-state index >= 15 is 0 Å². The van der Waals surface area contributed by atoms with Crippen LogP contribution in [0, 0.1) is 5.82 Å². The van der Waals surface area contributed by atoms with E-state index in [9.17, 15) is 22.4 Å². The summed E-state index contributed by atoms with van der Waals surface area (Å²) in [5, 5.41) is 6.71. The first kappa shape index (κ1) is 17.9. The summed E-state index contributed by atoms with van der Waals surface area (Å²) in [6.45, 7) is 0. The number of thiazole rings is 1. The van der Waals surface area contributed by atoms with Gasteiger partial charge in [0.2, 0.25) is 0 Å². The summed E-state index contributed by atoms with van der Waals surface area (Å²) in [5.41, 5.74) is 0.370. The topological polar surface area (TPSA) is 54.0 Å². The van der Waals surface area contributed by atoms with Crippen LogP contribution < -0.4 is 10.6 Å². The lowest BCUT2D eigenvalue weighted by Gasteiger charge is -2.09. The molecule has 2 N–H and O–H groups in total. The van der Waals surface area contributed by atoms with E-state index in [2.05, 4.69) is 15.6 Å². The number of aromatic nitrogens is 1. The van der Waals surface area contributed by atoms with Crippen LogP contribution in [0.2, 0.25) is 0 Å². The van der Waals surface area contributed by atoms with Crippen molar-refractivity contribution < 1.29 is 22.4 Å². The van der Waals surface area contributed by atoms with Gasteiger partial charge in [-0.15, -0.1) is 11.3 Å². The molecule has 0 bridgehead atoms. The Kier molecular flexibility index (Phi) is 4.90. The van der Waals surface area contributed by atoms with Gasteiger partial charge in [0, 0.05) is 16.6 Å². The first-order chi connectivity index (χ1) is 12.3. The zero-order chi connectivity index (χ0) is 18.7. The highest BCUT2D eigenvalue weighted by Crippen LogP contribution is 2.31. The van der Waals surface area contributed by atoms with Crippen LogP contribution >= 0.6 is 11.3 Å². The Hall–Kier alpha value is -2.94. The predicted molar refractivity (Wildman–Crippen MR) is 91.6 cm³/mol. The van der Waals surface area contributed by atoms with Crippen LogP contribution in [0.3, 0.4) is 0 Å². The van der Waals surface area contributed by atoms with Crippen LogP contribution in [-0.2, 0) is 6.18 Å². The molecule has 2 aromatic carbocycles. The molecule has 4 nitrogen and oxygen atoms in total. The first-order valence-corrected chi connectivity index (χ1v) is 8.16. The highest BCUT2D eigenvalue weighted by molar-refractivity contribution is 7.14. The van der Waals surface area contributed by atoms with Crippen LogP contribution in [0.4, 0.5) is 33.2 Å². The Balaban J connectivity index is 1.67. The van der Waals surface area contributed by atoms with Gasteiger partial charge in [-0.2, -0.15) is 13.2 Å². The van der Waals surface area contributed by atoms with Gasteiger partial charge in [-0.3, -0.25) is 5.32 Å². The van der Waals surface area contributed by atoms with Crippen LogP contribution in [0.1, 0.15) is 5.56 Å². The zero-order valence-corrected chi connectivity index (χ0v) is 13.8. The third-order valence-electron chi connectivity index (χ3n) is 3.31. The van der Waals surface area contributed by atoms with Crippen molar-refractivity contribution in [2.24, 2.45) is 0 Å². The van der Waals surface area contributed by atoms with Gasteiger partial charge in [-0.1, -0.05) is 6.07 Å². The van der Waals surface area contributed by atoms with Gasteiger partial charge in [0.15, 0.2) is 5.13 Å². The molecule has 0 radical (unpaired) electrons. The number of alkyl halides is 3.